The van der Waals surface area contributed by atoms with Gasteiger partial charge >= 0.3 is 5.97 Å². The Labute approximate surface area is 164 Å². The lowest BCUT2D eigenvalue weighted by atomic mass is 9.86. The van der Waals surface area contributed by atoms with Crippen molar-refractivity contribution in [3.63, 3.8) is 0 Å². The first-order valence-corrected chi connectivity index (χ1v) is 10.00. The van der Waals surface area contributed by atoms with Crippen molar-refractivity contribution in [3.05, 3.63) is 35.8 Å². The Balaban J connectivity index is 1.45. The molecule has 28 heavy (non-hydrogen) atoms. The maximum atomic E-state index is 13.5. The largest absolute Gasteiger partial charge is 0.466 e. The average molecular weight is 388 g/mol. The predicted molar refractivity (Wildman–Crippen MR) is 109 cm³/mol. The van der Waals surface area contributed by atoms with Crippen LogP contribution in [0.15, 0.2) is 29.4 Å². The fourth-order valence-electron chi connectivity index (χ4n) is 3.79. The fourth-order valence-corrected chi connectivity index (χ4v) is 3.79. The molecule has 152 valence electrons. The lowest BCUT2D eigenvalue weighted by Gasteiger charge is -2.29. The molecule has 0 spiro atoms. The Bertz CT molecular complexity index is 825. The zero-order chi connectivity index (χ0) is 19.9. The summed E-state index contributed by atoms with van der Waals surface area (Å²) in [5, 5.41) is 7.69. The van der Waals surface area contributed by atoms with E-state index in [9.17, 15) is 9.18 Å². The summed E-state index contributed by atoms with van der Waals surface area (Å²) >= 11 is 0. The summed E-state index contributed by atoms with van der Waals surface area (Å²) in [4.78, 5) is 19.3. The van der Waals surface area contributed by atoms with Crippen molar-refractivity contribution < 1.29 is 13.9 Å². The van der Waals surface area contributed by atoms with E-state index >= 15 is 0 Å². The third-order valence-electron chi connectivity index (χ3n) is 5.33. The van der Waals surface area contributed by atoms with Crippen LogP contribution in [0.3, 0.4) is 0 Å². The highest BCUT2D eigenvalue weighted by atomic mass is 19.1. The van der Waals surface area contributed by atoms with E-state index < -0.39 is 0 Å². The van der Waals surface area contributed by atoms with Crippen LogP contribution in [-0.2, 0) is 16.0 Å². The van der Waals surface area contributed by atoms with Crippen molar-refractivity contribution in [2.24, 2.45) is 10.9 Å². The standard InChI is InChI=1S/C21H29FN4O2/c1-3-28-20(27)14-4-7-17(8-5-14)26-21(23-2)24-11-10-15-13-25-19-9-6-16(22)12-18(15)19/h6,9,12-14,17,25H,3-5,7-8,10-11H2,1-2H3,(H2,23,24,26). The summed E-state index contributed by atoms with van der Waals surface area (Å²) in [7, 11) is 1.75. The van der Waals surface area contributed by atoms with Crippen molar-refractivity contribution >= 4 is 22.8 Å². The molecule has 0 aliphatic heterocycles. The second-order valence-corrected chi connectivity index (χ2v) is 7.20. The van der Waals surface area contributed by atoms with Crippen molar-refractivity contribution in [3.8, 4) is 0 Å². The van der Waals surface area contributed by atoms with E-state index in [-0.39, 0.29) is 17.7 Å². The summed E-state index contributed by atoms with van der Waals surface area (Å²) in [6.07, 6.45) is 6.22. The molecular formula is C21H29FN4O2. The number of carbonyl (C=O) groups is 1. The monoisotopic (exact) mass is 388 g/mol. The first-order chi connectivity index (χ1) is 13.6. The van der Waals surface area contributed by atoms with Gasteiger partial charge in [0.05, 0.1) is 12.5 Å². The normalized spacial score (nSPS) is 20.2. The molecule has 1 fully saturated rings. The van der Waals surface area contributed by atoms with Crippen molar-refractivity contribution in [1.29, 1.82) is 0 Å². The quantitative estimate of drug-likeness (QED) is 0.404. The van der Waals surface area contributed by atoms with Crippen molar-refractivity contribution in [2.45, 2.75) is 45.1 Å². The van der Waals surface area contributed by atoms with Crippen LogP contribution in [0.25, 0.3) is 10.9 Å². The van der Waals surface area contributed by atoms with Gasteiger partial charge in [0, 0.05) is 36.7 Å². The third-order valence-corrected chi connectivity index (χ3v) is 5.33. The van der Waals surface area contributed by atoms with Crippen molar-refractivity contribution in [2.75, 3.05) is 20.2 Å². The summed E-state index contributed by atoms with van der Waals surface area (Å²) in [5.41, 5.74) is 2.02. The molecule has 1 heterocycles. The van der Waals surface area contributed by atoms with Gasteiger partial charge in [0.1, 0.15) is 5.82 Å². The molecule has 6 nitrogen and oxygen atoms in total. The molecule has 3 N–H and O–H groups in total. The Morgan fingerprint density at radius 3 is 2.82 bits per heavy atom. The number of aliphatic imine (C=N–C) groups is 1. The van der Waals surface area contributed by atoms with Crippen LogP contribution >= 0.6 is 0 Å². The fraction of sp³-hybridized carbons (Fsp3) is 0.524. The van der Waals surface area contributed by atoms with E-state index in [0.29, 0.717) is 19.2 Å². The van der Waals surface area contributed by atoms with Crippen LogP contribution in [0.4, 0.5) is 4.39 Å². The smallest absolute Gasteiger partial charge is 0.308 e. The number of guanidine groups is 1. The van der Waals surface area contributed by atoms with Gasteiger partial charge in [-0.2, -0.15) is 0 Å². The molecule has 1 saturated carbocycles. The number of H-pyrrole nitrogens is 1. The van der Waals surface area contributed by atoms with Gasteiger partial charge in [-0.25, -0.2) is 4.39 Å². The summed E-state index contributed by atoms with van der Waals surface area (Å²) in [6.45, 7) is 2.98. The number of benzene rings is 1. The lowest BCUT2D eigenvalue weighted by molar-refractivity contribution is -0.149. The minimum Gasteiger partial charge on any atom is -0.466 e. The Hall–Kier alpha value is -2.57. The number of nitrogens with one attached hydrogen (secondary N) is 3. The molecule has 7 heteroatoms. The van der Waals surface area contributed by atoms with Crippen molar-refractivity contribution in [1.82, 2.24) is 15.6 Å². The number of esters is 1. The molecule has 2 aromatic rings. The molecule has 1 aromatic heterocycles. The number of nitrogens with zero attached hydrogens (tertiary/aromatic N) is 1. The van der Waals surface area contributed by atoms with Gasteiger partial charge < -0.3 is 20.4 Å². The highest BCUT2D eigenvalue weighted by Crippen LogP contribution is 2.25. The highest BCUT2D eigenvalue weighted by molar-refractivity contribution is 5.83. The highest BCUT2D eigenvalue weighted by Gasteiger charge is 2.27. The van der Waals surface area contributed by atoms with Gasteiger partial charge in [0.25, 0.3) is 0 Å². The Morgan fingerprint density at radius 2 is 2.11 bits per heavy atom. The molecule has 0 amide bonds. The van der Waals surface area contributed by atoms with E-state index in [1.165, 1.54) is 6.07 Å². The zero-order valence-electron chi connectivity index (χ0n) is 16.6. The van der Waals surface area contributed by atoms with Gasteiger partial charge in [0.2, 0.25) is 0 Å². The number of fused-ring (bicyclic) bond motifs is 1. The van der Waals surface area contributed by atoms with Crippen LogP contribution in [0.1, 0.15) is 38.2 Å². The van der Waals surface area contributed by atoms with Crippen LogP contribution < -0.4 is 10.6 Å². The Kier molecular flexibility index (Phi) is 6.90. The van der Waals surface area contributed by atoms with Crippen LogP contribution in [-0.4, -0.2) is 43.2 Å². The molecule has 0 unspecified atom stereocenters. The summed E-state index contributed by atoms with van der Waals surface area (Å²) in [5.74, 6) is 0.483. The molecule has 0 radical (unpaired) electrons. The molecule has 3 rings (SSSR count). The first-order valence-electron chi connectivity index (χ1n) is 10.00. The maximum absolute atomic E-state index is 13.5. The van der Waals surface area contributed by atoms with E-state index in [2.05, 4.69) is 20.6 Å². The Morgan fingerprint density at radius 1 is 1.32 bits per heavy atom. The zero-order valence-corrected chi connectivity index (χ0v) is 16.6. The van der Waals surface area contributed by atoms with E-state index in [4.69, 9.17) is 4.74 Å². The number of aromatic nitrogens is 1. The number of aromatic amines is 1. The number of carbonyl (C=O) groups excluding carboxylic acids is 1. The van der Waals surface area contributed by atoms with Gasteiger partial charge in [-0.1, -0.05) is 0 Å². The van der Waals surface area contributed by atoms with Gasteiger partial charge in [-0.15, -0.1) is 0 Å². The molecule has 0 atom stereocenters. The topological polar surface area (TPSA) is 78.5 Å². The van der Waals surface area contributed by atoms with Crippen LogP contribution in [0, 0.1) is 11.7 Å². The van der Waals surface area contributed by atoms with Gasteiger partial charge in [-0.05, 0) is 62.8 Å². The number of hydrogen-bond donors (Lipinski definition) is 3. The molecule has 1 aromatic carbocycles. The number of rotatable bonds is 6. The second kappa shape index (κ2) is 9.57. The van der Waals surface area contributed by atoms with E-state index in [0.717, 1.165) is 54.5 Å². The molecule has 1 aliphatic carbocycles. The molecule has 0 bridgehead atoms. The number of hydrogen-bond acceptors (Lipinski definition) is 3. The minimum atomic E-state index is -0.225. The summed E-state index contributed by atoms with van der Waals surface area (Å²) in [6, 6.07) is 5.09. The van der Waals surface area contributed by atoms with Gasteiger partial charge in [0.15, 0.2) is 5.96 Å². The SMILES string of the molecule is CCOC(=O)C1CCC(NC(=NC)NCCc2c[nH]c3ccc(F)cc23)CC1. The lowest BCUT2D eigenvalue weighted by Crippen LogP contribution is -2.45. The first kappa shape index (κ1) is 20.2. The molecule has 1 aliphatic rings. The average Bonchev–Trinajstić information content (AvgIpc) is 3.10. The minimum absolute atomic E-state index is 0.0234. The maximum Gasteiger partial charge on any atom is 0.308 e. The van der Waals surface area contributed by atoms with Gasteiger partial charge in [-0.3, -0.25) is 9.79 Å². The number of ether oxygens (including phenoxy) is 1. The van der Waals surface area contributed by atoms with Crippen LogP contribution in [0.2, 0.25) is 0 Å². The van der Waals surface area contributed by atoms with E-state index in [1.54, 1.807) is 19.2 Å². The molecular weight excluding hydrogens is 359 g/mol. The van der Waals surface area contributed by atoms with E-state index in [1.807, 2.05) is 13.1 Å². The number of halogens is 1. The molecule has 0 saturated heterocycles. The summed E-state index contributed by atoms with van der Waals surface area (Å²) < 4.78 is 18.6. The second-order valence-electron chi connectivity index (χ2n) is 7.20. The predicted octanol–water partition coefficient (Wildman–Crippen LogP) is 3.14. The van der Waals surface area contributed by atoms with Crippen LogP contribution in [0.5, 0.6) is 0 Å². The third kappa shape index (κ3) is 5.03.